The van der Waals surface area contributed by atoms with Crippen LogP contribution in [0.4, 0.5) is 11.5 Å². The first-order valence-electron chi connectivity index (χ1n) is 10.4. The maximum Gasteiger partial charge on any atom is 0.231 e. The number of nitrogens with zero attached hydrogens (tertiary/aromatic N) is 7. The van der Waals surface area contributed by atoms with E-state index in [0.717, 1.165) is 40.2 Å². The molecule has 1 aromatic carbocycles. The molecule has 10 heteroatoms. The van der Waals surface area contributed by atoms with Gasteiger partial charge in [0.25, 0.3) is 0 Å². The molecular weight excluding hydrogens is 424 g/mol. The Morgan fingerprint density at radius 1 is 1.12 bits per heavy atom. The molecule has 32 heavy (non-hydrogen) atoms. The van der Waals surface area contributed by atoms with E-state index >= 15 is 0 Å². The molecule has 1 saturated heterocycles. The highest BCUT2D eigenvalue weighted by molar-refractivity contribution is 7.99. The van der Waals surface area contributed by atoms with Crippen LogP contribution < -0.4 is 10.2 Å². The lowest BCUT2D eigenvalue weighted by atomic mass is 9.99. The summed E-state index contributed by atoms with van der Waals surface area (Å²) in [7, 11) is 0. The second-order valence-electron chi connectivity index (χ2n) is 7.81. The van der Waals surface area contributed by atoms with Crippen LogP contribution >= 0.6 is 11.8 Å². The second-order valence-corrected chi connectivity index (χ2v) is 8.87. The van der Waals surface area contributed by atoms with Gasteiger partial charge in [-0.2, -0.15) is 5.10 Å². The zero-order chi connectivity index (χ0) is 21.5. The largest absolute Gasteiger partial charge is 0.355 e. The summed E-state index contributed by atoms with van der Waals surface area (Å²) in [5.74, 6) is 2.50. The van der Waals surface area contributed by atoms with E-state index in [9.17, 15) is 4.79 Å². The smallest absolute Gasteiger partial charge is 0.231 e. The molecule has 5 heterocycles. The number of hydrogen-bond acceptors (Lipinski definition) is 7. The normalized spacial score (nSPS) is 15.4. The first-order valence-corrected chi connectivity index (χ1v) is 11.4. The Labute approximate surface area is 188 Å². The van der Waals surface area contributed by atoms with E-state index < -0.39 is 0 Å². The fourth-order valence-electron chi connectivity index (χ4n) is 3.92. The molecule has 1 amide bonds. The lowest BCUT2D eigenvalue weighted by Crippen LogP contribution is -2.52. The number of rotatable bonds is 5. The lowest BCUT2D eigenvalue weighted by Gasteiger charge is -2.39. The summed E-state index contributed by atoms with van der Waals surface area (Å²) >= 11 is 1.77. The molecule has 6 rings (SSSR count). The van der Waals surface area contributed by atoms with Gasteiger partial charge in [-0.25, -0.2) is 19.6 Å². The Bertz CT molecular complexity index is 1260. The van der Waals surface area contributed by atoms with Crippen LogP contribution in [0, 0.1) is 5.92 Å². The van der Waals surface area contributed by atoms with Crippen LogP contribution in [-0.4, -0.2) is 54.0 Å². The minimum atomic E-state index is -0.0884. The van der Waals surface area contributed by atoms with Gasteiger partial charge in [-0.05, 0) is 18.2 Å². The summed E-state index contributed by atoms with van der Waals surface area (Å²) in [5.41, 5.74) is 2.73. The summed E-state index contributed by atoms with van der Waals surface area (Å²) in [5, 5.41) is 8.32. The quantitative estimate of drug-likeness (QED) is 0.506. The first-order chi connectivity index (χ1) is 15.7. The second kappa shape index (κ2) is 7.79. The number of carbonyl (C=O) groups is 1. The maximum atomic E-state index is 12.8. The molecule has 2 aliphatic rings. The molecule has 1 N–H and O–H groups in total. The van der Waals surface area contributed by atoms with E-state index in [-0.39, 0.29) is 11.8 Å². The van der Waals surface area contributed by atoms with Crippen molar-refractivity contribution in [2.75, 3.05) is 29.1 Å². The SMILES string of the molecule is O=C(Nc1cccc(-c2cn3c(n2)SCC3)c1)C1CN(c2cc(-n3cccn3)ncn2)C1. The number of aryl methyl sites for hydroxylation is 1. The van der Waals surface area contributed by atoms with Gasteiger partial charge in [0.1, 0.15) is 12.1 Å². The molecule has 3 aromatic heterocycles. The minimum Gasteiger partial charge on any atom is -0.355 e. The average molecular weight is 445 g/mol. The monoisotopic (exact) mass is 444 g/mol. The van der Waals surface area contributed by atoms with Crippen molar-refractivity contribution in [2.45, 2.75) is 11.7 Å². The lowest BCUT2D eigenvalue weighted by molar-refractivity contribution is -0.120. The fraction of sp³-hybridized carbons (Fsp3) is 0.227. The molecule has 0 radical (unpaired) electrons. The van der Waals surface area contributed by atoms with E-state index in [1.54, 1.807) is 22.6 Å². The number of fused-ring (bicyclic) bond motifs is 1. The Morgan fingerprint density at radius 3 is 2.88 bits per heavy atom. The molecule has 0 spiro atoms. The van der Waals surface area contributed by atoms with Crippen LogP contribution in [0.3, 0.4) is 0 Å². The highest BCUT2D eigenvalue weighted by Crippen LogP contribution is 2.30. The number of thioether (sulfide) groups is 1. The number of anilines is 2. The van der Waals surface area contributed by atoms with Gasteiger partial charge in [0.15, 0.2) is 11.0 Å². The molecular formula is C22H20N8OS. The Morgan fingerprint density at radius 2 is 2.03 bits per heavy atom. The third kappa shape index (κ3) is 3.52. The molecule has 160 valence electrons. The summed E-state index contributed by atoms with van der Waals surface area (Å²) in [6.45, 7) is 2.23. The molecule has 0 atom stereocenters. The van der Waals surface area contributed by atoms with Gasteiger partial charge in [0, 0.05) is 61.3 Å². The third-order valence-corrected chi connectivity index (χ3v) is 6.65. The molecule has 0 bridgehead atoms. The third-order valence-electron chi connectivity index (χ3n) is 5.68. The number of nitrogens with one attached hydrogen (secondary N) is 1. The van der Waals surface area contributed by atoms with Gasteiger partial charge in [-0.1, -0.05) is 23.9 Å². The van der Waals surface area contributed by atoms with Crippen molar-refractivity contribution < 1.29 is 4.79 Å². The van der Waals surface area contributed by atoms with Crippen molar-refractivity contribution in [1.82, 2.24) is 29.3 Å². The van der Waals surface area contributed by atoms with Crippen molar-refractivity contribution in [3.63, 3.8) is 0 Å². The number of aromatic nitrogens is 6. The van der Waals surface area contributed by atoms with E-state index in [4.69, 9.17) is 4.98 Å². The van der Waals surface area contributed by atoms with Gasteiger partial charge < -0.3 is 14.8 Å². The van der Waals surface area contributed by atoms with E-state index in [1.165, 1.54) is 6.33 Å². The topological polar surface area (TPSA) is 93.8 Å². The van der Waals surface area contributed by atoms with Crippen molar-refractivity contribution in [1.29, 1.82) is 0 Å². The van der Waals surface area contributed by atoms with Crippen molar-refractivity contribution >= 4 is 29.2 Å². The van der Waals surface area contributed by atoms with Crippen molar-refractivity contribution in [2.24, 2.45) is 5.92 Å². The summed E-state index contributed by atoms with van der Waals surface area (Å²) < 4.78 is 3.87. The van der Waals surface area contributed by atoms with Crippen LogP contribution in [0.25, 0.3) is 17.1 Å². The van der Waals surface area contributed by atoms with Crippen LogP contribution in [0.5, 0.6) is 0 Å². The summed E-state index contributed by atoms with van der Waals surface area (Å²) in [6.07, 6.45) is 7.15. The van der Waals surface area contributed by atoms with Crippen LogP contribution in [0.15, 0.2) is 66.5 Å². The first kappa shape index (κ1) is 19.1. The highest BCUT2D eigenvalue weighted by atomic mass is 32.2. The predicted molar refractivity (Wildman–Crippen MR) is 122 cm³/mol. The van der Waals surface area contributed by atoms with E-state index in [2.05, 4.69) is 36.0 Å². The van der Waals surface area contributed by atoms with Gasteiger partial charge in [-0.15, -0.1) is 0 Å². The zero-order valence-corrected chi connectivity index (χ0v) is 17.9. The predicted octanol–water partition coefficient (Wildman–Crippen LogP) is 2.71. The Hall–Kier alpha value is -3.66. The number of imidazole rings is 1. The van der Waals surface area contributed by atoms with E-state index in [0.29, 0.717) is 18.9 Å². The molecule has 1 fully saturated rings. The molecule has 0 saturated carbocycles. The van der Waals surface area contributed by atoms with Crippen molar-refractivity contribution in [3.8, 4) is 17.1 Å². The van der Waals surface area contributed by atoms with Crippen LogP contribution in [0.1, 0.15) is 0 Å². The molecule has 9 nitrogen and oxygen atoms in total. The summed E-state index contributed by atoms with van der Waals surface area (Å²) in [4.78, 5) is 28.2. The van der Waals surface area contributed by atoms with E-state index in [1.807, 2.05) is 42.6 Å². The van der Waals surface area contributed by atoms with Gasteiger partial charge >= 0.3 is 0 Å². The number of hydrogen-bond donors (Lipinski definition) is 1. The maximum absolute atomic E-state index is 12.8. The van der Waals surface area contributed by atoms with Crippen LogP contribution in [-0.2, 0) is 11.3 Å². The van der Waals surface area contributed by atoms with Gasteiger partial charge in [0.05, 0.1) is 11.6 Å². The zero-order valence-electron chi connectivity index (χ0n) is 17.1. The number of carbonyl (C=O) groups excluding carboxylic acids is 1. The van der Waals surface area contributed by atoms with Gasteiger partial charge in [0.2, 0.25) is 5.91 Å². The molecule has 2 aliphatic heterocycles. The Kier molecular flexibility index (Phi) is 4.64. The Balaban J connectivity index is 1.10. The highest BCUT2D eigenvalue weighted by Gasteiger charge is 2.33. The van der Waals surface area contributed by atoms with Crippen LogP contribution in [0.2, 0.25) is 0 Å². The summed E-state index contributed by atoms with van der Waals surface area (Å²) in [6, 6.07) is 11.6. The molecule has 0 aliphatic carbocycles. The van der Waals surface area contributed by atoms with Crippen molar-refractivity contribution in [3.05, 3.63) is 61.3 Å². The standard InChI is InChI=1S/C22H20N8OS/c31-21(16-11-29(12-16)19-10-20(24-14-23-19)30-6-2-5-25-30)26-17-4-1-3-15(9-17)18-13-28-7-8-32-22(28)27-18/h1-6,9-10,13-14,16H,7-8,11-12H2,(H,26,31). The average Bonchev–Trinajstić information content (AvgIpc) is 3.51. The van der Waals surface area contributed by atoms with Gasteiger partial charge in [-0.3, -0.25) is 4.79 Å². The molecule has 4 aromatic rings. The molecule has 0 unspecified atom stereocenters. The number of amides is 1. The minimum absolute atomic E-state index is 0.0163. The fourth-order valence-corrected chi connectivity index (χ4v) is 4.86. The number of benzene rings is 1.